The number of sulfonamides is 1. The second-order valence-corrected chi connectivity index (χ2v) is 7.04. The summed E-state index contributed by atoms with van der Waals surface area (Å²) >= 11 is 3.25. The van der Waals surface area contributed by atoms with Gasteiger partial charge in [-0.2, -0.15) is 0 Å². The third kappa shape index (κ3) is 3.96. The molecule has 2 aromatic carbocycles. The maximum absolute atomic E-state index is 12.2. The molecule has 0 atom stereocenters. The van der Waals surface area contributed by atoms with Gasteiger partial charge in [0.1, 0.15) is 5.75 Å². The van der Waals surface area contributed by atoms with Crippen LogP contribution in [0.2, 0.25) is 0 Å². The summed E-state index contributed by atoms with van der Waals surface area (Å²) in [6, 6.07) is 11.7. The Morgan fingerprint density at radius 3 is 2.62 bits per heavy atom. The monoisotopic (exact) mass is 370 g/mol. The molecule has 0 radical (unpaired) electrons. The highest BCUT2D eigenvalue weighted by atomic mass is 79.9. The van der Waals surface area contributed by atoms with Gasteiger partial charge in [0.25, 0.3) is 0 Å². The van der Waals surface area contributed by atoms with Gasteiger partial charge in [-0.1, -0.05) is 28.1 Å². The van der Waals surface area contributed by atoms with Crippen LogP contribution in [0.1, 0.15) is 5.56 Å². The van der Waals surface area contributed by atoms with Crippen molar-refractivity contribution >= 4 is 31.6 Å². The van der Waals surface area contributed by atoms with Crippen molar-refractivity contribution in [3.63, 3.8) is 0 Å². The van der Waals surface area contributed by atoms with Crippen LogP contribution in [-0.2, 0) is 16.6 Å². The summed E-state index contributed by atoms with van der Waals surface area (Å²) in [7, 11) is -2.03. The van der Waals surface area contributed by atoms with Gasteiger partial charge in [-0.25, -0.2) is 13.1 Å². The number of benzene rings is 2. The Kier molecular flexibility index (Phi) is 4.87. The number of ether oxygens (including phenoxy) is 1. The molecule has 0 heterocycles. The van der Waals surface area contributed by atoms with Crippen molar-refractivity contribution in [2.24, 2.45) is 0 Å². The fourth-order valence-electron chi connectivity index (χ4n) is 1.79. The van der Waals surface area contributed by atoms with Crippen LogP contribution < -0.4 is 15.2 Å². The summed E-state index contributed by atoms with van der Waals surface area (Å²) < 4.78 is 32.7. The zero-order valence-corrected chi connectivity index (χ0v) is 13.7. The van der Waals surface area contributed by atoms with Crippen molar-refractivity contribution in [1.82, 2.24) is 4.72 Å². The minimum atomic E-state index is -3.56. The van der Waals surface area contributed by atoms with Crippen molar-refractivity contribution in [2.45, 2.75) is 11.4 Å². The van der Waals surface area contributed by atoms with Crippen molar-refractivity contribution in [3.8, 4) is 5.75 Å². The lowest BCUT2D eigenvalue weighted by molar-refractivity contribution is 0.417. The number of anilines is 1. The van der Waals surface area contributed by atoms with E-state index in [9.17, 15) is 8.42 Å². The number of nitrogen functional groups attached to an aromatic ring is 1. The van der Waals surface area contributed by atoms with Gasteiger partial charge >= 0.3 is 0 Å². The van der Waals surface area contributed by atoms with Crippen molar-refractivity contribution in [1.29, 1.82) is 0 Å². The lowest BCUT2D eigenvalue weighted by atomic mass is 10.2. The summed E-state index contributed by atoms with van der Waals surface area (Å²) in [4.78, 5) is 0.207. The van der Waals surface area contributed by atoms with Gasteiger partial charge in [-0.3, -0.25) is 0 Å². The van der Waals surface area contributed by atoms with Crippen LogP contribution in [0.4, 0.5) is 5.69 Å². The van der Waals surface area contributed by atoms with Crippen molar-refractivity contribution in [3.05, 3.63) is 52.5 Å². The molecule has 0 amide bonds. The summed E-state index contributed by atoms with van der Waals surface area (Å²) in [5.74, 6) is 0.564. The standard InChI is InChI=1S/C14H15BrN2O3S/c1-20-14-6-5-10(7-13(14)16)9-17-21(18,19)12-4-2-3-11(15)8-12/h2-8,17H,9,16H2,1H3. The molecule has 0 aliphatic rings. The number of hydrogen-bond acceptors (Lipinski definition) is 4. The molecule has 2 rings (SSSR count). The number of hydrogen-bond donors (Lipinski definition) is 2. The van der Waals surface area contributed by atoms with E-state index >= 15 is 0 Å². The van der Waals surface area contributed by atoms with Gasteiger partial charge in [0.15, 0.2) is 0 Å². The van der Waals surface area contributed by atoms with Crippen LogP contribution >= 0.6 is 15.9 Å². The van der Waals surface area contributed by atoms with E-state index in [0.717, 1.165) is 5.56 Å². The minimum absolute atomic E-state index is 0.156. The topological polar surface area (TPSA) is 81.4 Å². The third-order valence-corrected chi connectivity index (χ3v) is 4.76. The molecular formula is C14H15BrN2O3S. The molecule has 0 aromatic heterocycles. The first-order chi connectivity index (χ1) is 9.92. The average Bonchev–Trinajstić information content (AvgIpc) is 2.45. The number of methoxy groups -OCH3 is 1. The lowest BCUT2D eigenvalue weighted by Crippen LogP contribution is -2.23. The second-order valence-electron chi connectivity index (χ2n) is 4.36. The summed E-state index contributed by atoms with van der Waals surface area (Å²) in [5, 5.41) is 0. The Morgan fingerprint density at radius 2 is 2.00 bits per heavy atom. The fourth-order valence-corrected chi connectivity index (χ4v) is 3.40. The molecule has 7 heteroatoms. The first-order valence-electron chi connectivity index (χ1n) is 6.10. The number of rotatable bonds is 5. The van der Waals surface area contributed by atoms with Crippen molar-refractivity contribution < 1.29 is 13.2 Å². The Bertz CT molecular complexity index is 748. The fraction of sp³-hybridized carbons (Fsp3) is 0.143. The van der Waals surface area contributed by atoms with E-state index < -0.39 is 10.0 Å². The maximum atomic E-state index is 12.2. The lowest BCUT2D eigenvalue weighted by Gasteiger charge is -2.09. The maximum Gasteiger partial charge on any atom is 0.240 e. The highest BCUT2D eigenvalue weighted by Gasteiger charge is 2.14. The number of nitrogens with two attached hydrogens (primary N) is 1. The Labute approximate surface area is 132 Å². The van der Waals surface area contributed by atoms with E-state index in [4.69, 9.17) is 10.5 Å². The molecule has 21 heavy (non-hydrogen) atoms. The number of halogens is 1. The smallest absolute Gasteiger partial charge is 0.240 e. The predicted molar refractivity (Wildman–Crippen MR) is 85.6 cm³/mol. The Balaban J connectivity index is 2.13. The van der Waals surface area contributed by atoms with Gasteiger partial charge in [-0.05, 0) is 35.9 Å². The average molecular weight is 371 g/mol. The normalized spacial score (nSPS) is 11.3. The molecule has 3 N–H and O–H groups in total. The van der Waals surface area contributed by atoms with Crippen LogP contribution in [0, 0.1) is 0 Å². The summed E-state index contributed by atoms with van der Waals surface area (Å²) in [6.07, 6.45) is 0. The van der Waals surface area contributed by atoms with E-state index in [0.29, 0.717) is 15.9 Å². The zero-order chi connectivity index (χ0) is 15.5. The molecule has 0 aliphatic carbocycles. The highest BCUT2D eigenvalue weighted by molar-refractivity contribution is 9.10. The van der Waals surface area contributed by atoms with E-state index in [-0.39, 0.29) is 11.4 Å². The quantitative estimate of drug-likeness (QED) is 0.792. The van der Waals surface area contributed by atoms with E-state index in [1.807, 2.05) is 0 Å². The van der Waals surface area contributed by atoms with Gasteiger partial charge in [-0.15, -0.1) is 0 Å². The van der Waals surface area contributed by atoms with Crippen LogP contribution in [0.15, 0.2) is 51.8 Å². The molecule has 0 bridgehead atoms. The third-order valence-electron chi connectivity index (χ3n) is 2.87. The molecular weight excluding hydrogens is 356 g/mol. The molecule has 0 aliphatic heterocycles. The first kappa shape index (κ1) is 15.8. The Morgan fingerprint density at radius 1 is 1.24 bits per heavy atom. The van der Waals surface area contributed by atoms with Crippen molar-refractivity contribution in [2.75, 3.05) is 12.8 Å². The Hall–Kier alpha value is -1.57. The van der Waals surface area contributed by atoms with Crippen LogP contribution in [-0.4, -0.2) is 15.5 Å². The van der Waals surface area contributed by atoms with Gasteiger partial charge in [0.2, 0.25) is 10.0 Å². The second kappa shape index (κ2) is 6.46. The number of nitrogens with one attached hydrogen (secondary N) is 1. The van der Waals surface area contributed by atoms with Crippen LogP contribution in [0.3, 0.4) is 0 Å². The van der Waals surface area contributed by atoms with E-state index in [1.54, 1.807) is 36.4 Å². The van der Waals surface area contributed by atoms with Gasteiger partial charge in [0, 0.05) is 11.0 Å². The molecule has 0 saturated heterocycles. The molecule has 0 fully saturated rings. The zero-order valence-electron chi connectivity index (χ0n) is 11.3. The van der Waals surface area contributed by atoms with E-state index in [1.165, 1.54) is 13.2 Å². The molecule has 0 saturated carbocycles. The SMILES string of the molecule is COc1ccc(CNS(=O)(=O)c2cccc(Br)c2)cc1N. The molecule has 112 valence electrons. The van der Waals surface area contributed by atoms with E-state index in [2.05, 4.69) is 20.7 Å². The van der Waals surface area contributed by atoms with Crippen LogP contribution in [0.5, 0.6) is 5.75 Å². The largest absolute Gasteiger partial charge is 0.495 e. The highest BCUT2D eigenvalue weighted by Crippen LogP contribution is 2.22. The minimum Gasteiger partial charge on any atom is -0.495 e. The molecule has 2 aromatic rings. The summed E-state index contributed by atoms with van der Waals surface area (Å²) in [6.45, 7) is 0.156. The first-order valence-corrected chi connectivity index (χ1v) is 8.37. The summed E-state index contributed by atoms with van der Waals surface area (Å²) in [5.41, 5.74) is 7.02. The van der Waals surface area contributed by atoms with Gasteiger partial charge in [0.05, 0.1) is 17.7 Å². The van der Waals surface area contributed by atoms with Gasteiger partial charge < -0.3 is 10.5 Å². The predicted octanol–water partition coefficient (Wildman–Crippen LogP) is 2.52. The molecule has 5 nitrogen and oxygen atoms in total. The molecule has 0 spiro atoms. The molecule has 0 unspecified atom stereocenters. The van der Waals surface area contributed by atoms with Crippen LogP contribution in [0.25, 0.3) is 0 Å².